The van der Waals surface area contributed by atoms with Crippen molar-refractivity contribution < 1.29 is 9.13 Å². The van der Waals surface area contributed by atoms with E-state index in [0.717, 1.165) is 31.8 Å². The van der Waals surface area contributed by atoms with Gasteiger partial charge in [0.1, 0.15) is 5.82 Å². The zero-order valence-corrected chi connectivity index (χ0v) is 11.0. The molecule has 1 aromatic carbocycles. The highest BCUT2D eigenvalue weighted by atomic mass is 19.1. The molecule has 2 rings (SSSR count). The van der Waals surface area contributed by atoms with E-state index < -0.39 is 0 Å². The first-order valence-electron chi connectivity index (χ1n) is 6.44. The topological polar surface area (TPSA) is 24.5 Å². The number of hydrogen-bond donors (Lipinski definition) is 1. The van der Waals surface area contributed by atoms with E-state index >= 15 is 0 Å². The number of hydrogen-bond acceptors (Lipinski definition) is 3. The minimum absolute atomic E-state index is 0.136. The van der Waals surface area contributed by atoms with E-state index in [1.807, 2.05) is 13.0 Å². The van der Waals surface area contributed by atoms with Crippen LogP contribution < -0.4 is 5.32 Å². The number of nitrogens with zero attached hydrogens (tertiary/aromatic N) is 1. The van der Waals surface area contributed by atoms with Gasteiger partial charge in [-0.05, 0) is 31.7 Å². The SMILES string of the molecule is CC(NCC1CN(C)CCO1)c1cccc(F)c1. The van der Waals surface area contributed by atoms with Gasteiger partial charge in [0, 0.05) is 25.7 Å². The minimum atomic E-state index is -0.185. The van der Waals surface area contributed by atoms with E-state index in [0.29, 0.717) is 0 Å². The molecule has 2 atom stereocenters. The molecule has 4 heteroatoms. The van der Waals surface area contributed by atoms with E-state index in [9.17, 15) is 4.39 Å². The zero-order valence-electron chi connectivity index (χ0n) is 11.0. The van der Waals surface area contributed by atoms with Crippen molar-refractivity contribution in [3.8, 4) is 0 Å². The second kappa shape index (κ2) is 6.27. The van der Waals surface area contributed by atoms with Crippen molar-refractivity contribution in [3.05, 3.63) is 35.6 Å². The maximum absolute atomic E-state index is 13.1. The summed E-state index contributed by atoms with van der Waals surface area (Å²) in [5, 5.41) is 3.40. The van der Waals surface area contributed by atoms with Gasteiger partial charge < -0.3 is 15.0 Å². The van der Waals surface area contributed by atoms with Gasteiger partial charge in [-0.1, -0.05) is 12.1 Å². The number of benzene rings is 1. The van der Waals surface area contributed by atoms with Crippen molar-refractivity contribution in [3.63, 3.8) is 0 Å². The van der Waals surface area contributed by atoms with Gasteiger partial charge in [0.05, 0.1) is 12.7 Å². The lowest BCUT2D eigenvalue weighted by Gasteiger charge is -2.31. The summed E-state index contributed by atoms with van der Waals surface area (Å²) in [6, 6.07) is 6.86. The summed E-state index contributed by atoms with van der Waals surface area (Å²) in [5.41, 5.74) is 0.971. The molecule has 0 aromatic heterocycles. The van der Waals surface area contributed by atoms with Crippen LogP contribution in [0, 0.1) is 5.82 Å². The average Bonchev–Trinajstić information content (AvgIpc) is 2.36. The first-order chi connectivity index (χ1) is 8.65. The third-order valence-electron chi connectivity index (χ3n) is 3.34. The predicted octanol–water partition coefficient (Wildman–Crippen LogP) is 1.81. The maximum atomic E-state index is 13.1. The van der Waals surface area contributed by atoms with Crippen molar-refractivity contribution in [2.45, 2.75) is 19.1 Å². The van der Waals surface area contributed by atoms with Crippen molar-refractivity contribution in [2.24, 2.45) is 0 Å². The molecular formula is C14H21FN2O. The molecule has 0 spiro atoms. The van der Waals surface area contributed by atoms with Crippen LogP contribution in [0.15, 0.2) is 24.3 Å². The Labute approximate surface area is 108 Å². The fourth-order valence-corrected chi connectivity index (χ4v) is 2.19. The molecule has 100 valence electrons. The summed E-state index contributed by atoms with van der Waals surface area (Å²) in [6.07, 6.45) is 0.222. The van der Waals surface area contributed by atoms with Crippen LogP contribution in [-0.2, 0) is 4.74 Å². The Morgan fingerprint density at radius 2 is 2.39 bits per heavy atom. The van der Waals surface area contributed by atoms with Crippen molar-refractivity contribution in [2.75, 3.05) is 33.3 Å². The molecular weight excluding hydrogens is 231 g/mol. The molecule has 3 nitrogen and oxygen atoms in total. The third kappa shape index (κ3) is 3.77. The Bertz CT molecular complexity index is 386. The first-order valence-corrected chi connectivity index (χ1v) is 6.44. The number of halogens is 1. The van der Waals surface area contributed by atoms with Gasteiger partial charge in [-0.15, -0.1) is 0 Å². The van der Waals surface area contributed by atoms with Crippen LogP contribution in [0.5, 0.6) is 0 Å². The van der Waals surface area contributed by atoms with Crippen LogP contribution in [0.25, 0.3) is 0 Å². The lowest BCUT2D eigenvalue weighted by Crippen LogP contribution is -2.45. The maximum Gasteiger partial charge on any atom is 0.123 e. The predicted molar refractivity (Wildman–Crippen MR) is 70.1 cm³/mol. The minimum Gasteiger partial charge on any atom is -0.374 e. The Balaban J connectivity index is 1.82. The van der Waals surface area contributed by atoms with E-state index in [-0.39, 0.29) is 18.0 Å². The average molecular weight is 252 g/mol. The second-order valence-electron chi connectivity index (χ2n) is 4.94. The summed E-state index contributed by atoms with van der Waals surface area (Å²) in [6.45, 7) is 5.57. The standard InChI is InChI=1S/C14H21FN2O/c1-11(12-4-3-5-13(15)8-12)16-9-14-10-17(2)6-7-18-14/h3-5,8,11,14,16H,6-7,9-10H2,1-2H3. The van der Waals surface area contributed by atoms with E-state index in [4.69, 9.17) is 4.74 Å². The van der Waals surface area contributed by atoms with Gasteiger partial charge >= 0.3 is 0 Å². The van der Waals surface area contributed by atoms with E-state index in [1.54, 1.807) is 12.1 Å². The van der Waals surface area contributed by atoms with Gasteiger partial charge in [-0.2, -0.15) is 0 Å². The molecule has 0 radical (unpaired) electrons. The summed E-state index contributed by atoms with van der Waals surface area (Å²) >= 11 is 0. The molecule has 1 aromatic rings. The fraction of sp³-hybridized carbons (Fsp3) is 0.571. The Hall–Kier alpha value is -0.970. The van der Waals surface area contributed by atoms with Crippen molar-refractivity contribution in [1.29, 1.82) is 0 Å². The van der Waals surface area contributed by atoms with Crippen LogP contribution in [0.4, 0.5) is 4.39 Å². The molecule has 0 bridgehead atoms. The molecule has 1 aliphatic rings. The lowest BCUT2D eigenvalue weighted by atomic mass is 10.1. The highest BCUT2D eigenvalue weighted by Crippen LogP contribution is 2.13. The number of ether oxygens (including phenoxy) is 1. The molecule has 2 unspecified atom stereocenters. The summed E-state index contributed by atoms with van der Waals surface area (Å²) < 4.78 is 18.8. The second-order valence-corrected chi connectivity index (χ2v) is 4.94. The van der Waals surface area contributed by atoms with Crippen molar-refractivity contribution >= 4 is 0 Å². The van der Waals surface area contributed by atoms with Crippen LogP contribution in [0.1, 0.15) is 18.5 Å². The molecule has 1 heterocycles. The van der Waals surface area contributed by atoms with Gasteiger partial charge in [-0.25, -0.2) is 4.39 Å². The smallest absolute Gasteiger partial charge is 0.123 e. The van der Waals surface area contributed by atoms with Gasteiger partial charge in [0.25, 0.3) is 0 Å². The third-order valence-corrected chi connectivity index (χ3v) is 3.34. The molecule has 1 aliphatic heterocycles. The molecule has 18 heavy (non-hydrogen) atoms. The van der Waals surface area contributed by atoms with Gasteiger partial charge in [-0.3, -0.25) is 0 Å². The summed E-state index contributed by atoms with van der Waals surface area (Å²) in [5.74, 6) is -0.185. The molecule has 0 amide bonds. The van der Waals surface area contributed by atoms with Gasteiger partial charge in [0.15, 0.2) is 0 Å². The number of rotatable bonds is 4. The molecule has 0 aliphatic carbocycles. The van der Waals surface area contributed by atoms with Crippen molar-refractivity contribution in [1.82, 2.24) is 10.2 Å². The quantitative estimate of drug-likeness (QED) is 0.884. The van der Waals surface area contributed by atoms with E-state index in [2.05, 4.69) is 17.3 Å². The fourth-order valence-electron chi connectivity index (χ4n) is 2.19. The van der Waals surface area contributed by atoms with Gasteiger partial charge in [0.2, 0.25) is 0 Å². The zero-order chi connectivity index (χ0) is 13.0. The molecule has 0 saturated carbocycles. The normalized spacial score (nSPS) is 22.9. The monoisotopic (exact) mass is 252 g/mol. The number of morpholine rings is 1. The lowest BCUT2D eigenvalue weighted by molar-refractivity contribution is -0.0190. The summed E-state index contributed by atoms with van der Waals surface area (Å²) in [4.78, 5) is 2.27. The number of likely N-dealkylation sites (N-methyl/N-ethyl adjacent to an activating group) is 1. The van der Waals surface area contributed by atoms with Crippen LogP contribution in [0.2, 0.25) is 0 Å². The Kier molecular flexibility index (Phi) is 4.69. The first kappa shape index (κ1) is 13.5. The highest BCUT2D eigenvalue weighted by Gasteiger charge is 2.18. The Morgan fingerprint density at radius 3 is 3.11 bits per heavy atom. The highest BCUT2D eigenvalue weighted by molar-refractivity contribution is 5.19. The number of nitrogens with one attached hydrogen (secondary N) is 1. The van der Waals surface area contributed by atoms with Crippen LogP contribution in [-0.4, -0.2) is 44.3 Å². The largest absolute Gasteiger partial charge is 0.374 e. The van der Waals surface area contributed by atoms with Crippen LogP contribution in [0.3, 0.4) is 0 Å². The Morgan fingerprint density at radius 1 is 1.56 bits per heavy atom. The van der Waals surface area contributed by atoms with Crippen LogP contribution >= 0.6 is 0 Å². The molecule has 1 N–H and O–H groups in total. The molecule has 1 fully saturated rings. The summed E-state index contributed by atoms with van der Waals surface area (Å²) in [7, 11) is 2.10. The molecule has 1 saturated heterocycles. The van der Waals surface area contributed by atoms with E-state index in [1.165, 1.54) is 6.07 Å².